The minimum absolute atomic E-state index is 0.0566. The summed E-state index contributed by atoms with van der Waals surface area (Å²) < 4.78 is 54.6. The molecule has 32 heavy (non-hydrogen) atoms. The van der Waals surface area contributed by atoms with Crippen LogP contribution in [0.5, 0.6) is 0 Å². The van der Waals surface area contributed by atoms with E-state index in [2.05, 4.69) is 14.4 Å². The lowest BCUT2D eigenvalue weighted by Crippen LogP contribution is -2.58. The summed E-state index contributed by atoms with van der Waals surface area (Å²) in [5.41, 5.74) is -0.694. The Morgan fingerprint density at radius 2 is 1.94 bits per heavy atom. The highest BCUT2D eigenvalue weighted by atomic mass is 32.2. The molecule has 0 aromatic heterocycles. The van der Waals surface area contributed by atoms with Crippen molar-refractivity contribution in [1.29, 1.82) is 0 Å². The number of ketones is 1. The van der Waals surface area contributed by atoms with Crippen LogP contribution in [0.2, 0.25) is 0 Å². The van der Waals surface area contributed by atoms with Crippen LogP contribution in [0.4, 0.5) is 11.4 Å². The molecule has 2 heterocycles. The number of carbonyl (C=O) groups is 2. The highest BCUT2D eigenvalue weighted by Gasteiger charge is 2.49. The number of Topliss-reactive ketones (excluding diaryl/α,β-unsaturated/α-hetero) is 1. The second kappa shape index (κ2) is 8.14. The maximum Gasteiger partial charge on any atom is 0.286 e. The first-order valence-electron chi connectivity index (χ1n) is 10.2. The van der Waals surface area contributed by atoms with Gasteiger partial charge in [-0.1, -0.05) is 27.7 Å². The van der Waals surface area contributed by atoms with E-state index in [1.165, 1.54) is 12.1 Å². The first-order chi connectivity index (χ1) is 14.6. The lowest BCUT2D eigenvalue weighted by Gasteiger charge is -2.41. The van der Waals surface area contributed by atoms with Crippen LogP contribution in [0.3, 0.4) is 0 Å². The first-order valence-corrected chi connectivity index (χ1v) is 13.5. The fraction of sp³-hybridized carbons (Fsp3) is 0.550. The van der Waals surface area contributed by atoms with Gasteiger partial charge in [-0.25, -0.2) is 8.42 Å². The Morgan fingerprint density at radius 3 is 2.53 bits per heavy atom. The van der Waals surface area contributed by atoms with Gasteiger partial charge >= 0.3 is 0 Å². The van der Waals surface area contributed by atoms with Gasteiger partial charge in [-0.2, -0.15) is 8.42 Å². The Hall–Kier alpha value is -2.47. The summed E-state index contributed by atoms with van der Waals surface area (Å²) in [4.78, 5) is 27.7. The minimum Gasteiger partial charge on any atom is -0.341 e. The number of anilines is 2. The van der Waals surface area contributed by atoms with Crippen LogP contribution >= 0.6 is 0 Å². The van der Waals surface area contributed by atoms with Gasteiger partial charge in [0.25, 0.3) is 10.0 Å². The Kier molecular flexibility index (Phi) is 6.15. The third kappa shape index (κ3) is 4.96. The molecule has 1 unspecified atom stereocenters. The second-order valence-electron chi connectivity index (χ2n) is 9.29. The van der Waals surface area contributed by atoms with Gasteiger partial charge in [-0.3, -0.25) is 14.3 Å². The minimum atomic E-state index is -4.28. The third-order valence-corrected chi connectivity index (χ3v) is 7.30. The summed E-state index contributed by atoms with van der Waals surface area (Å²) in [6.45, 7) is 8.24. The summed E-state index contributed by atoms with van der Waals surface area (Å²) in [6.07, 6.45) is 1.70. The predicted molar refractivity (Wildman–Crippen MR) is 121 cm³/mol. The smallest absolute Gasteiger partial charge is 0.286 e. The van der Waals surface area contributed by atoms with E-state index in [1.807, 2.05) is 13.8 Å². The van der Waals surface area contributed by atoms with E-state index in [1.54, 1.807) is 18.7 Å². The van der Waals surface area contributed by atoms with Gasteiger partial charge in [0.15, 0.2) is 11.7 Å². The van der Waals surface area contributed by atoms with E-state index in [4.69, 9.17) is 0 Å². The fourth-order valence-electron chi connectivity index (χ4n) is 3.74. The molecule has 1 amide bonds. The molecular formula is C20H28N4O6S2. The first kappa shape index (κ1) is 24.2. The van der Waals surface area contributed by atoms with Crippen molar-refractivity contribution in [3.8, 4) is 0 Å². The zero-order valence-electron chi connectivity index (χ0n) is 18.7. The maximum atomic E-state index is 13.2. The number of carbonyl (C=O) groups excluding carboxylic acids is 2. The van der Waals surface area contributed by atoms with E-state index < -0.39 is 43.1 Å². The summed E-state index contributed by atoms with van der Waals surface area (Å²) >= 11 is 0. The Labute approximate surface area is 188 Å². The van der Waals surface area contributed by atoms with E-state index >= 15 is 0 Å². The van der Waals surface area contributed by atoms with Crippen LogP contribution in [0.15, 0.2) is 27.5 Å². The molecule has 1 atom stereocenters. The number of nitrogens with zero attached hydrogens (tertiary/aromatic N) is 2. The van der Waals surface area contributed by atoms with Crippen LogP contribution in [0.1, 0.15) is 34.1 Å². The van der Waals surface area contributed by atoms with Crippen molar-refractivity contribution in [2.24, 2.45) is 21.6 Å². The number of fused-ring (bicyclic) bond motifs is 1. The molecule has 12 heteroatoms. The fourth-order valence-corrected chi connectivity index (χ4v) is 5.48. The van der Waals surface area contributed by atoms with Crippen LogP contribution in [-0.4, -0.2) is 58.6 Å². The largest absolute Gasteiger partial charge is 0.341 e. The topological polar surface area (TPSA) is 142 Å². The molecule has 3 rings (SSSR count). The zero-order chi connectivity index (χ0) is 24.1. The summed E-state index contributed by atoms with van der Waals surface area (Å²) in [5, 5.41) is 2.82. The quantitative estimate of drug-likeness (QED) is 0.585. The van der Waals surface area contributed by atoms with Crippen LogP contribution in [-0.2, 0) is 29.6 Å². The molecule has 2 aliphatic heterocycles. The van der Waals surface area contributed by atoms with Crippen molar-refractivity contribution < 1.29 is 26.4 Å². The highest BCUT2D eigenvalue weighted by Crippen LogP contribution is 2.36. The van der Waals surface area contributed by atoms with Crippen molar-refractivity contribution in [1.82, 2.24) is 4.90 Å². The molecule has 0 aliphatic carbocycles. The van der Waals surface area contributed by atoms with Crippen LogP contribution in [0.25, 0.3) is 0 Å². The average molecular weight is 485 g/mol. The van der Waals surface area contributed by atoms with Crippen LogP contribution < -0.4 is 10.0 Å². The molecule has 1 saturated heterocycles. The number of amides is 1. The van der Waals surface area contributed by atoms with Gasteiger partial charge in [-0.15, -0.1) is 4.40 Å². The molecule has 1 aromatic rings. The second-order valence-corrected chi connectivity index (χ2v) is 12.6. The van der Waals surface area contributed by atoms with E-state index in [0.29, 0.717) is 12.5 Å². The number of rotatable bonds is 6. The molecule has 1 aromatic carbocycles. The average Bonchev–Trinajstić information content (AvgIpc) is 2.63. The van der Waals surface area contributed by atoms with E-state index in [0.717, 1.165) is 18.7 Å². The maximum absolute atomic E-state index is 13.2. The van der Waals surface area contributed by atoms with Crippen molar-refractivity contribution in [3.63, 3.8) is 0 Å². The number of amidine groups is 1. The Morgan fingerprint density at radius 1 is 1.28 bits per heavy atom. The Bertz CT molecular complexity index is 1200. The molecule has 2 N–H and O–H groups in total. The summed E-state index contributed by atoms with van der Waals surface area (Å²) in [7, 11) is -7.89. The lowest BCUT2D eigenvalue weighted by molar-refractivity contribution is -0.150. The predicted octanol–water partition coefficient (Wildman–Crippen LogP) is 1.67. The number of hydrogen-bond acceptors (Lipinski definition) is 7. The van der Waals surface area contributed by atoms with E-state index in [-0.39, 0.29) is 28.7 Å². The van der Waals surface area contributed by atoms with Crippen molar-refractivity contribution >= 4 is 48.9 Å². The summed E-state index contributed by atoms with van der Waals surface area (Å²) in [6, 6.07) is 3.89. The molecule has 1 fully saturated rings. The molecule has 2 aliphatic rings. The number of piperidine rings is 1. The normalized spacial score (nSPS) is 22.2. The molecule has 10 nitrogen and oxygen atoms in total. The molecular weight excluding hydrogens is 456 g/mol. The van der Waals surface area contributed by atoms with Crippen molar-refractivity contribution in [3.05, 3.63) is 18.2 Å². The number of hydrogen-bond donors (Lipinski definition) is 2. The van der Waals surface area contributed by atoms with Crippen molar-refractivity contribution in [2.45, 2.75) is 39.0 Å². The number of likely N-dealkylation sites (tertiary alicyclic amines) is 1. The lowest BCUT2D eigenvalue weighted by atomic mass is 9.76. The molecule has 0 bridgehead atoms. The molecule has 176 valence electrons. The standard InChI is InChI=1S/C20H28N4O6S2/c1-12(2)8-9-24-11-20(3,4)17(25)16(19(24)26)18-21-14-7-6-13(22-31(5,27)28)10-15(14)32(29,30)23-18/h6-7,10,12,16,22H,8-9,11H2,1-5H3,(H,21,23). The molecule has 0 spiro atoms. The van der Waals surface area contributed by atoms with Crippen molar-refractivity contribution in [2.75, 3.05) is 29.4 Å². The van der Waals surface area contributed by atoms with Gasteiger partial charge in [0.05, 0.1) is 11.9 Å². The highest BCUT2D eigenvalue weighted by molar-refractivity contribution is 7.92. The van der Waals surface area contributed by atoms with Gasteiger partial charge in [0.1, 0.15) is 10.7 Å². The number of sulfonamides is 2. The monoisotopic (exact) mass is 484 g/mol. The molecule has 0 saturated carbocycles. The van der Waals surface area contributed by atoms with Gasteiger partial charge in [-0.05, 0) is 30.5 Å². The Balaban J connectivity index is 1.99. The molecule has 0 radical (unpaired) electrons. The van der Waals surface area contributed by atoms with Gasteiger partial charge in [0.2, 0.25) is 15.9 Å². The third-order valence-electron chi connectivity index (χ3n) is 5.37. The number of benzene rings is 1. The SMILES string of the molecule is CC(C)CCN1CC(C)(C)C(=O)C(C2=NS(=O)(=O)c3cc(NS(C)(=O)=O)ccc3N2)C1=O. The van der Waals surface area contributed by atoms with Gasteiger partial charge in [0, 0.05) is 24.2 Å². The number of nitrogens with one attached hydrogen (secondary N) is 2. The zero-order valence-corrected chi connectivity index (χ0v) is 20.3. The van der Waals surface area contributed by atoms with Crippen LogP contribution in [0, 0.1) is 17.3 Å². The van der Waals surface area contributed by atoms with Gasteiger partial charge < -0.3 is 10.2 Å². The van der Waals surface area contributed by atoms with E-state index in [9.17, 15) is 26.4 Å². The summed E-state index contributed by atoms with van der Waals surface area (Å²) in [5.74, 6) is -2.12.